The van der Waals surface area contributed by atoms with Crippen LogP contribution in [0.5, 0.6) is 0 Å². The molecule has 0 aromatic heterocycles. The molecule has 3 nitrogen and oxygen atoms in total. The highest BCUT2D eigenvalue weighted by atomic mass is 127. The van der Waals surface area contributed by atoms with Gasteiger partial charge in [0.05, 0.1) is 0 Å². The SMILES string of the molecule is Cc1ccc(NC(=O)[C@H]2CCCO2)cc1I. The third-order valence-corrected chi connectivity index (χ3v) is 3.82. The van der Waals surface area contributed by atoms with Gasteiger partial charge in [-0.05, 0) is 60.1 Å². The molecule has 1 aromatic rings. The van der Waals surface area contributed by atoms with E-state index in [4.69, 9.17) is 4.74 Å². The highest BCUT2D eigenvalue weighted by molar-refractivity contribution is 14.1. The van der Waals surface area contributed by atoms with Crippen LogP contribution in [-0.4, -0.2) is 18.6 Å². The number of aryl methyl sites for hydroxylation is 1. The number of anilines is 1. The normalized spacial score (nSPS) is 19.8. The van der Waals surface area contributed by atoms with Crippen LogP contribution in [0.4, 0.5) is 5.69 Å². The topological polar surface area (TPSA) is 38.3 Å². The van der Waals surface area contributed by atoms with Gasteiger partial charge in [0.2, 0.25) is 0 Å². The number of amides is 1. The van der Waals surface area contributed by atoms with Gasteiger partial charge in [0.25, 0.3) is 5.91 Å². The second-order valence-electron chi connectivity index (χ2n) is 3.95. The molecule has 0 aliphatic carbocycles. The molecule has 1 heterocycles. The van der Waals surface area contributed by atoms with Crippen molar-refractivity contribution in [2.75, 3.05) is 11.9 Å². The Kier molecular flexibility index (Phi) is 3.81. The van der Waals surface area contributed by atoms with E-state index in [1.165, 1.54) is 5.56 Å². The Hall–Kier alpha value is -0.620. The minimum atomic E-state index is -0.265. The van der Waals surface area contributed by atoms with Gasteiger partial charge in [-0.1, -0.05) is 6.07 Å². The molecule has 1 aromatic carbocycles. The summed E-state index contributed by atoms with van der Waals surface area (Å²) in [7, 11) is 0. The summed E-state index contributed by atoms with van der Waals surface area (Å²) in [5.41, 5.74) is 2.06. The lowest BCUT2D eigenvalue weighted by Gasteiger charge is -2.11. The maximum absolute atomic E-state index is 11.8. The van der Waals surface area contributed by atoms with Gasteiger partial charge in [-0.25, -0.2) is 0 Å². The van der Waals surface area contributed by atoms with Crippen molar-refractivity contribution in [1.29, 1.82) is 0 Å². The third-order valence-electron chi connectivity index (χ3n) is 2.66. The summed E-state index contributed by atoms with van der Waals surface area (Å²) < 4.78 is 6.48. The molecule has 1 atom stereocenters. The fraction of sp³-hybridized carbons (Fsp3) is 0.417. The first-order valence-electron chi connectivity index (χ1n) is 5.35. The molecule has 0 unspecified atom stereocenters. The molecule has 0 saturated carbocycles. The molecule has 16 heavy (non-hydrogen) atoms. The average Bonchev–Trinajstić information content (AvgIpc) is 2.77. The molecule has 4 heteroatoms. The van der Waals surface area contributed by atoms with Crippen LogP contribution in [0.25, 0.3) is 0 Å². The quantitative estimate of drug-likeness (QED) is 0.847. The number of hydrogen-bond donors (Lipinski definition) is 1. The first-order chi connectivity index (χ1) is 7.66. The van der Waals surface area contributed by atoms with Crippen LogP contribution in [0.15, 0.2) is 18.2 Å². The minimum Gasteiger partial charge on any atom is -0.368 e. The Morgan fingerprint density at radius 2 is 2.38 bits per heavy atom. The molecule has 1 fully saturated rings. The van der Waals surface area contributed by atoms with Crippen molar-refractivity contribution >= 4 is 34.2 Å². The highest BCUT2D eigenvalue weighted by Crippen LogP contribution is 2.19. The summed E-state index contributed by atoms with van der Waals surface area (Å²) in [6, 6.07) is 5.90. The van der Waals surface area contributed by atoms with Crippen molar-refractivity contribution in [1.82, 2.24) is 0 Å². The van der Waals surface area contributed by atoms with Crippen molar-refractivity contribution in [2.24, 2.45) is 0 Å². The standard InChI is InChI=1S/C12H14INO2/c1-8-4-5-9(7-10(8)13)14-12(15)11-3-2-6-16-11/h4-5,7,11H,2-3,6H2,1H3,(H,14,15)/t11-/m1/s1. The summed E-state index contributed by atoms with van der Waals surface area (Å²) in [6.45, 7) is 2.75. The lowest BCUT2D eigenvalue weighted by molar-refractivity contribution is -0.124. The molecule has 1 aliphatic heterocycles. The molecule has 1 saturated heterocycles. The van der Waals surface area contributed by atoms with Crippen LogP contribution < -0.4 is 5.32 Å². The fourth-order valence-corrected chi connectivity index (χ4v) is 2.19. The predicted octanol–water partition coefficient (Wildman–Crippen LogP) is 2.72. The number of carbonyl (C=O) groups is 1. The van der Waals surface area contributed by atoms with E-state index in [2.05, 4.69) is 27.9 Å². The van der Waals surface area contributed by atoms with Crippen LogP contribution in [0, 0.1) is 10.5 Å². The molecular formula is C12H14INO2. The lowest BCUT2D eigenvalue weighted by Crippen LogP contribution is -2.26. The summed E-state index contributed by atoms with van der Waals surface area (Å²) in [6.07, 6.45) is 1.54. The molecule has 0 bridgehead atoms. The van der Waals surface area contributed by atoms with Gasteiger partial charge < -0.3 is 10.1 Å². The summed E-state index contributed by atoms with van der Waals surface area (Å²) in [4.78, 5) is 11.8. The summed E-state index contributed by atoms with van der Waals surface area (Å²) >= 11 is 2.26. The van der Waals surface area contributed by atoms with E-state index in [1.807, 2.05) is 25.1 Å². The van der Waals surface area contributed by atoms with Crippen molar-refractivity contribution in [3.05, 3.63) is 27.3 Å². The summed E-state index contributed by atoms with van der Waals surface area (Å²) in [5, 5.41) is 2.88. The van der Waals surface area contributed by atoms with Crippen molar-refractivity contribution in [3.8, 4) is 0 Å². The second-order valence-corrected chi connectivity index (χ2v) is 5.12. The van der Waals surface area contributed by atoms with Gasteiger partial charge in [0, 0.05) is 15.9 Å². The number of rotatable bonds is 2. The Morgan fingerprint density at radius 1 is 1.56 bits per heavy atom. The summed E-state index contributed by atoms with van der Waals surface area (Å²) in [5.74, 6) is -0.0304. The molecule has 0 radical (unpaired) electrons. The second kappa shape index (κ2) is 5.14. The zero-order valence-corrected chi connectivity index (χ0v) is 11.3. The van der Waals surface area contributed by atoms with Crippen LogP contribution >= 0.6 is 22.6 Å². The number of carbonyl (C=O) groups excluding carboxylic acids is 1. The Balaban J connectivity index is 2.02. The number of nitrogens with one attached hydrogen (secondary N) is 1. The zero-order chi connectivity index (χ0) is 11.5. The largest absolute Gasteiger partial charge is 0.368 e. The molecule has 86 valence electrons. The van der Waals surface area contributed by atoms with Crippen LogP contribution in [-0.2, 0) is 9.53 Å². The molecule has 2 rings (SSSR count). The Labute approximate surface area is 109 Å². The van der Waals surface area contributed by atoms with Crippen LogP contribution in [0.3, 0.4) is 0 Å². The molecule has 1 amide bonds. The van der Waals surface area contributed by atoms with E-state index in [0.717, 1.165) is 22.1 Å². The zero-order valence-electron chi connectivity index (χ0n) is 9.13. The molecular weight excluding hydrogens is 317 g/mol. The minimum absolute atomic E-state index is 0.0304. The van der Waals surface area contributed by atoms with E-state index in [0.29, 0.717) is 6.61 Å². The highest BCUT2D eigenvalue weighted by Gasteiger charge is 2.23. The van der Waals surface area contributed by atoms with Crippen LogP contribution in [0.2, 0.25) is 0 Å². The average molecular weight is 331 g/mol. The first-order valence-corrected chi connectivity index (χ1v) is 6.43. The van der Waals surface area contributed by atoms with E-state index in [9.17, 15) is 4.79 Å². The number of halogens is 1. The van der Waals surface area contributed by atoms with Gasteiger partial charge in [0.1, 0.15) is 6.10 Å². The lowest BCUT2D eigenvalue weighted by atomic mass is 10.2. The van der Waals surface area contributed by atoms with Gasteiger partial charge >= 0.3 is 0 Å². The van der Waals surface area contributed by atoms with E-state index in [1.54, 1.807) is 0 Å². The Morgan fingerprint density at radius 3 is 3.00 bits per heavy atom. The molecule has 1 N–H and O–H groups in total. The number of hydrogen-bond acceptors (Lipinski definition) is 2. The fourth-order valence-electron chi connectivity index (χ4n) is 1.68. The monoisotopic (exact) mass is 331 g/mol. The van der Waals surface area contributed by atoms with Gasteiger partial charge in [-0.3, -0.25) is 4.79 Å². The molecule has 1 aliphatic rings. The van der Waals surface area contributed by atoms with Gasteiger partial charge in [-0.2, -0.15) is 0 Å². The maximum atomic E-state index is 11.8. The van der Waals surface area contributed by atoms with Crippen molar-refractivity contribution < 1.29 is 9.53 Å². The maximum Gasteiger partial charge on any atom is 0.253 e. The van der Waals surface area contributed by atoms with Gasteiger partial charge in [-0.15, -0.1) is 0 Å². The molecule has 0 spiro atoms. The first kappa shape index (κ1) is 11.9. The van der Waals surface area contributed by atoms with E-state index >= 15 is 0 Å². The number of benzene rings is 1. The predicted molar refractivity (Wildman–Crippen MR) is 71.5 cm³/mol. The third kappa shape index (κ3) is 2.74. The van der Waals surface area contributed by atoms with E-state index < -0.39 is 0 Å². The van der Waals surface area contributed by atoms with E-state index in [-0.39, 0.29) is 12.0 Å². The Bertz CT molecular complexity index is 400. The van der Waals surface area contributed by atoms with Crippen molar-refractivity contribution in [3.63, 3.8) is 0 Å². The van der Waals surface area contributed by atoms with Crippen molar-refractivity contribution in [2.45, 2.75) is 25.9 Å². The van der Waals surface area contributed by atoms with Crippen LogP contribution in [0.1, 0.15) is 18.4 Å². The smallest absolute Gasteiger partial charge is 0.253 e. The van der Waals surface area contributed by atoms with Gasteiger partial charge in [0.15, 0.2) is 0 Å². The number of ether oxygens (including phenoxy) is 1.